The zero-order valence-corrected chi connectivity index (χ0v) is 10.8. The van der Waals surface area contributed by atoms with Crippen LogP contribution in [0.5, 0.6) is 5.75 Å². The number of nitrogens with zero attached hydrogens (tertiary/aromatic N) is 1. The van der Waals surface area contributed by atoms with Gasteiger partial charge in [0, 0.05) is 6.20 Å². The van der Waals surface area contributed by atoms with Gasteiger partial charge in [-0.3, -0.25) is 8.51 Å². The van der Waals surface area contributed by atoms with E-state index in [0.717, 1.165) is 12.8 Å². The fourth-order valence-electron chi connectivity index (χ4n) is 1.29. The van der Waals surface area contributed by atoms with E-state index < -0.39 is 11.3 Å². The molecule has 0 radical (unpaired) electrons. The van der Waals surface area contributed by atoms with Gasteiger partial charge in [-0.1, -0.05) is 19.4 Å². The smallest absolute Gasteiger partial charge is 0.119 e. The van der Waals surface area contributed by atoms with Crippen LogP contribution >= 0.6 is 0 Å². The highest BCUT2D eigenvalue weighted by atomic mass is 32.2. The van der Waals surface area contributed by atoms with E-state index in [1.165, 1.54) is 4.31 Å². The summed E-state index contributed by atoms with van der Waals surface area (Å²) in [4.78, 5) is 0. The fourth-order valence-corrected chi connectivity index (χ4v) is 1.77. The Morgan fingerprint density at radius 1 is 1.41 bits per heavy atom. The van der Waals surface area contributed by atoms with Gasteiger partial charge >= 0.3 is 0 Å². The number of methoxy groups -OCH3 is 1. The number of unbranched alkanes of at least 4 members (excludes halogenated alkanes) is 1. The molecule has 4 nitrogen and oxygen atoms in total. The van der Waals surface area contributed by atoms with Crippen molar-refractivity contribution in [2.75, 3.05) is 11.4 Å². The largest absolute Gasteiger partial charge is 0.755 e. The maximum Gasteiger partial charge on any atom is 0.119 e. The van der Waals surface area contributed by atoms with Crippen molar-refractivity contribution in [1.29, 1.82) is 0 Å². The van der Waals surface area contributed by atoms with Gasteiger partial charge in [-0.2, -0.15) is 0 Å². The van der Waals surface area contributed by atoms with Crippen molar-refractivity contribution in [1.82, 2.24) is 0 Å². The molecule has 0 bridgehead atoms. The zero-order chi connectivity index (χ0) is 12.7. The van der Waals surface area contributed by atoms with E-state index in [0.29, 0.717) is 11.4 Å². The van der Waals surface area contributed by atoms with E-state index in [9.17, 15) is 8.76 Å². The fraction of sp³-hybridized carbons (Fsp3) is 0.333. The molecule has 1 rings (SSSR count). The maximum absolute atomic E-state index is 11.1. The van der Waals surface area contributed by atoms with Crippen LogP contribution in [0.3, 0.4) is 0 Å². The Labute approximate surface area is 104 Å². The van der Waals surface area contributed by atoms with Crippen LogP contribution in [-0.2, 0) is 11.3 Å². The van der Waals surface area contributed by atoms with Crippen LogP contribution in [0.1, 0.15) is 19.8 Å². The quantitative estimate of drug-likeness (QED) is 0.733. The van der Waals surface area contributed by atoms with Crippen molar-refractivity contribution >= 4 is 17.0 Å². The Hall–Kier alpha value is -1.33. The number of rotatable bonds is 6. The standard InChI is InChI=1S/C12H17NO3S/c1-3-4-5-10-13(17(14)15)11-6-8-12(16-2)9-7-11/h5-10H,3-4H2,1-2H3,(H,14,15)/p-1. The lowest BCUT2D eigenvalue weighted by atomic mass is 10.3. The van der Waals surface area contributed by atoms with Gasteiger partial charge in [0.1, 0.15) is 5.75 Å². The number of hydrogen-bond acceptors (Lipinski definition) is 3. The predicted molar refractivity (Wildman–Crippen MR) is 68.4 cm³/mol. The lowest BCUT2D eigenvalue weighted by Crippen LogP contribution is -2.18. The first-order valence-corrected chi connectivity index (χ1v) is 6.41. The van der Waals surface area contributed by atoms with Crippen LogP contribution in [0, 0.1) is 0 Å². The molecule has 0 aliphatic rings. The third kappa shape index (κ3) is 4.20. The molecule has 1 atom stereocenters. The van der Waals surface area contributed by atoms with Crippen LogP contribution in [0.15, 0.2) is 36.5 Å². The molecule has 0 spiro atoms. The van der Waals surface area contributed by atoms with Gasteiger partial charge in [-0.05, 0) is 30.7 Å². The lowest BCUT2D eigenvalue weighted by molar-refractivity contribution is 0.415. The maximum atomic E-state index is 11.1. The summed E-state index contributed by atoms with van der Waals surface area (Å²) in [5.41, 5.74) is 0.589. The molecule has 17 heavy (non-hydrogen) atoms. The van der Waals surface area contributed by atoms with E-state index in [4.69, 9.17) is 4.74 Å². The van der Waals surface area contributed by atoms with Crippen molar-refractivity contribution in [3.05, 3.63) is 36.5 Å². The highest BCUT2D eigenvalue weighted by Gasteiger charge is 2.03. The van der Waals surface area contributed by atoms with Gasteiger partial charge in [0.25, 0.3) is 0 Å². The molecule has 0 saturated heterocycles. The number of benzene rings is 1. The Morgan fingerprint density at radius 2 is 2.06 bits per heavy atom. The summed E-state index contributed by atoms with van der Waals surface area (Å²) < 4.78 is 28.4. The zero-order valence-electron chi connectivity index (χ0n) is 9.96. The first-order valence-electron chi connectivity index (χ1n) is 5.38. The molecule has 1 unspecified atom stereocenters. The summed E-state index contributed by atoms with van der Waals surface area (Å²) in [6.07, 6.45) is 5.23. The minimum Gasteiger partial charge on any atom is -0.755 e. The van der Waals surface area contributed by atoms with Gasteiger partial charge in [0.2, 0.25) is 0 Å². The Bertz CT molecular complexity index is 389. The molecule has 94 valence electrons. The van der Waals surface area contributed by atoms with Crippen molar-refractivity contribution in [3.63, 3.8) is 0 Å². The predicted octanol–water partition coefficient (Wildman–Crippen LogP) is 2.61. The van der Waals surface area contributed by atoms with E-state index >= 15 is 0 Å². The highest BCUT2D eigenvalue weighted by Crippen LogP contribution is 2.20. The molecule has 5 heteroatoms. The lowest BCUT2D eigenvalue weighted by Gasteiger charge is -2.22. The molecule has 0 saturated carbocycles. The number of hydrogen-bond donors (Lipinski definition) is 0. The van der Waals surface area contributed by atoms with Crippen molar-refractivity contribution in [2.24, 2.45) is 0 Å². The van der Waals surface area contributed by atoms with Crippen LogP contribution < -0.4 is 9.04 Å². The molecule has 0 N–H and O–H groups in total. The van der Waals surface area contributed by atoms with E-state index in [2.05, 4.69) is 0 Å². The van der Waals surface area contributed by atoms with Gasteiger partial charge < -0.3 is 9.29 Å². The number of allylic oxidation sites excluding steroid dienone is 1. The summed E-state index contributed by atoms with van der Waals surface area (Å²) in [7, 11) is 1.57. The SMILES string of the molecule is CCCC=CN(c1ccc(OC)cc1)S(=O)[O-]. The highest BCUT2D eigenvalue weighted by molar-refractivity contribution is 7.80. The second-order valence-corrected chi connectivity index (χ2v) is 4.24. The molecule has 0 fully saturated rings. The Kier molecular flexibility index (Phi) is 5.72. The molecule has 1 aromatic carbocycles. The minimum absolute atomic E-state index is 0.589. The monoisotopic (exact) mass is 254 g/mol. The Morgan fingerprint density at radius 3 is 2.53 bits per heavy atom. The first kappa shape index (κ1) is 13.7. The third-order valence-corrected chi connectivity index (χ3v) is 2.84. The average molecular weight is 254 g/mol. The summed E-state index contributed by atoms with van der Waals surface area (Å²) in [5.74, 6) is 0.697. The normalized spacial score (nSPS) is 12.6. The number of ether oxygens (including phenoxy) is 1. The summed E-state index contributed by atoms with van der Waals surface area (Å²) in [6, 6.07) is 6.85. The van der Waals surface area contributed by atoms with E-state index in [-0.39, 0.29) is 0 Å². The van der Waals surface area contributed by atoms with Crippen molar-refractivity contribution < 1.29 is 13.5 Å². The van der Waals surface area contributed by atoms with Gasteiger partial charge in [0.05, 0.1) is 24.1 Å². The molecule has 0 amide bonds. The number of anilines is 1. The molecule has 0 aliphatic heterocycles. The van der Waals surface area contributed by atoms with Crippen molar-refractivity contribution in [2.45, 2.75) is 19.8 Å². The minimum atomic E-state index is -2.31. The van der Waals surface area contributed by atoms with Crippen LogP contribution in [-0.4, -0.2) is 15.9 Å². The Balaban J connectivity index is 2.85. The van der Waals surface area contributed by atoms with E-state index in [1.807, 2.05) is 13.0 Å². The van der Waals surface area contributed by atoms with Gasteiger partial charge in [-0.15, -0.1) is 0 Å². The molecule has 0 aliphatic carbocycles. The molecule has 0 heterocycles. The second kappa shape index (κ2) is 7.09. The van der Waals surface area contributed by atoms with Crippen molar-refractivity contribution in [3.8, 4) is 5.75 Å². The summed E-state index contributed by atoms with van der Waals surface area (Å²) >= 11 is -2.31. The summed E-state index contributed by atoms with van der Waals surface area (Å²) in [6.45, 7) is 2.04. The second-order valence-electron chi connectivity index (χ2n) is 3.41. The molecule has 0 aromatic heterocycles. The van der Waals surface area contributed by atoms with Gasteiger partial charge in [0.15, 0.2) is 0 Å². The third-order valence-electron chi connectivity index (χ3n) is 2.18. The topological polar surface area (TPSA) is 52.6 Å². The average Bonchev–Trinajstić information content (AvgIpc) is 2.34. The molecule has 1 aromatic rings. The van der Waals surface area contributed by atoms with E-state index in [1.54, 1.807) is 37.6 Å². The molecular formula is C12H16NO3S-. The summed E-state index contributed by atoms with van der Waals surface area (Å²) in [5, 5.41) is 0. The van der Waals surface area contributed by atoms with Crippen LogP contribution in [0.25, 0.3) is 0 Å². The van der Waals surface area contributed by atoms with Crippen LogP contribution in [0.2, 0.25) is 0 Å². The molecular weight excluding hydrogens is 238 g/mol. The first-order chi connectivity index (χ1) is 8.19. The van der Waals surface area contributed by atoms with Crippen LogP contribution in [0.4, 0.5) is 5.69 Å². The van der Waals surface area contributed by atoms with Gasteiger partial charge in [-0.25, -0.2) is 0 Å².